The summed E-state index contributed by atoms with van der Waals surface area (Å²) >= 11 is 0. The normalized spacial score (nSPS) is 22.3. The molecule has 4 rings (SSSR count). The predicted molar refractivity (Wildman–Crippen MR) is 120 cm³/mol. The van der Waals surface area contributed by atoms with E-state index in [1.54, 1.807) is 34.9 Å². The first-order chi connectivity index (χ1) is 15.0. The van der Waals surface area contributed by atoms with Crippen LogP contribution in [0.5, 0.6) is 0 Å². The molecule has 0 aliphatic carbocycles. The molecule has 0 bridgehead atoms. The van der Waals surface area contributed by atoms with E-state index in [1.165, 1.54) is 0 Å². The molecule has 0 radical (unpaired) electrons. The summed E-state index contributed by atoms with van der Waals surface area (Å²) in [7, 11) is 0. The fraction of sp³-hybridized carbons (Fsp3) is 0.360. The molecule has 2 aliphatic heterocycles. The SMILES string of the molecule is C[C@@H](/C=C/CCO)[C@]1(O)C(=O)N(c2ccccc2)c2ccc(N3CCCCC3=O)cc21. The van der Waals surface area contributed by atoms with Gasteiger partial charge in [0, 0.05) is 42.4 Å². The van der Waals surface area contributed by atoms with Gasteiger partial charge in [-0.3, -0.25) is 14.5 Å². The first-order valence-corrected chi connectivity index (χ1v) is 10.8. The van der Waals surface area contributed by atoms with Gasteiger partial charge in [-0.1, -0.05) is 37.3 Å². The number of rotatable bonds is 6. The number of benzene rings is 2. The fourth-order valence-electron chi connectivity index (χ4n) is 4.45. The van der Waals surface area contributed by atoms with E-state index in [0.29, 0.717) is 42.0 Å². The number of para-hydroxylation sites is 1. The molecular weight excluding hydrogens is 392 g/mol. The number of hydrogen-bond donors (Lipinski definition) is 2. The Bertz CT molecular complexity index is 1000. The van der Waals surface area contributed by atoms with Gasteiger partial charge in [0.25, 0.3) is 5.91 Å². The zero-order valence-electron chi connectivity index (χ0n) is 17.7. The number of amides is 2. The van der Waals surface area contributed by atoms with Crippen molar-refractivity contribution in [2.75, 3.05) is 23.0 Å². The molecule has 31 heavy (non-hydrogen) atoms. The summed E-state index contributed by atoms with van der Waals surface area (Å²) in [6.45, 7) is 2.44. The summed E-state index contributed by atoms with van der Waals surface area (Å²) < 4.78 is 0. The van der Waals surface area contributed by atoms with Crippen LogP contribution in [-0.2, 0) is 15.2 Å². The van der Waals surface area contributed by atoms with Crippen molar-refractivity contribution in [1.82, 2.24) is 0 Å². The molecule has 0 saturated carbocycles. The molecule has 2 aromatic carbocycles. The van der Waals surface area contributed by atoms with Crippen LogP contribution in [0.4, 0.5) is 17.1 Å². The third-order valence-electron chi connectivity index (χ3n) is 6.19. The summed E-state index contributed by atoms with van der Waals surface area (Å²) in [4.78, 5) is 29.4. The van der Waals surface area contributed by atoms with E-state index in [2.05, 4.69) is 0 Å². The monoisotopic (exact) mass is 420 g/mol. The Morgan fingerprint density at radius 2 is 1.87 bits per heavy atom. The molecule has 2 amide bonds. The highest BCUT2D eigenvalue weighted by molar-refractivity contribution is 6.12. The molecule has 0 aromatic heterocycles. The Hall–Kier alpha value is -2.96. The Kier molecular flexibility index (Phi) is 5.94. The van der Waals surface area contributed by atoms with Crippen molar-refractivity contribution < 1.29 is 19.8 Å². The molecule has 0 unspecified atom stereocenters. The van der Waals surface area contributed by atoms with Crippen LogP contribution in [-0.4, -0.2) is 35.2 Å². The van der Waals surface area contributed by atoms with Gasteiger partial charge in [-0.25, -0.2) is 0 Å². The zero-order chi connectivity index (χ0) is 22.0. The second kappa shape index (κ2) is 8.65. The molecule has 2 aliphatic rings. The van der Waals surface area contributed by atoms with Gasteiger partial charge >= 0.3 is 0 Å². The maximum absolute atomic E-state index is 13.6. The molecule has 2 heterocycles. The fourth-order valence-corrected chi connectivity index (χ4v) is 4.45. The van der Waals surface area contributed by atoms with Gasteiger partial charge < -0.3 is 15.1 Å². The Balaban J connectivity index is 1.83. The number of aliphatic hydroxyl groups excluding tert-OH is 1. The standard InChI is InChI=1S/C25H28N2O4/c1-18(9-6-8-16-28)25(31)21-17-20(26-15-7-5-12-23(26)29)13-14-22(21)27(24(25)30)19-10-3-2-4-11-19/h2-4,6,9-11,13-14,17-18,28,31H,5,7-8,12,15-16H2,1H3/b9-6+/t18-,25+/m0/s1. The lowest BCUT2D eigenvalue weighted by Crippen LogP contribution is -2.43. The van der Waals surface area contributed by atoms with Crippen molar-refractivity contribution >= 4 is 28.9 Å². The van der Waals surface area contributed by atoms with E-state index < -0.39 is 17.4 Å². The summed E-state index contributed by atoms with van der Waals surface area (Å²) in [5.41, 5.74) is 0.730. The third kappa shape index (κ3) is 3.66. The molecule has 0 spiro atoms. The Morgan fingerprint density at radius 1 is 1.10 bits per heavy atom. The summed E-state index contributed by atoms with van der Waals surface area (Å²) in [6, 6.07) is 14.7. The molecule has 1 saturated heterocycles. The molecule has 6 heteroatoms. The van der Waals surface area contributed by atoms with Gasteiger partial charge in [0.05, 0.1) is 5.69 Å². The number of aliphatic hydroxyl groups is 2. The van der Waals surface area contributed by atoms with Gasteiger partial charge in [-0.2, -0.15) is 0 Å². The number of anilines is 3. The van der Waals surface area contributed by atoms with Gasteiger partial charge in [0.2, 0.25) is 5.91 Å². The third-order valence-corrected chi connectivity index (χ3v) is 6.19. The second-order valence-corrected chi connectivity index (χ2v) is 8.18. The average molecular weight is 421 g/mol. The maximum atomic E-state index is 13.6. The minimum absolute atomic E-state index is 0.00351. The van der Waals surface area contributed by atoms with Crippen LogP contribution < -0.4 is 9.80 Å². The minimum Gasteiger partial charge on any atom is -0.396 e. The maximum Gasteiger partial charge on any atom is 0.268 e. The number of carbonyl (C=O) groups is 2. The Labute approximate surface area is 182 Å². The molecule has 2 aromatic rings. The van der Waals surface area contributed by atoms with Crippen LogP contribution in [0.25, 0.3) is 0 Å². The van der Waals surface area contributed by atoms with E-state index in [1.807, 2.05) is 42.5 Å². The topological polar surface area (TPSA) is 81.1 Å². The number of nitrogens with zero attached hydrogens (tertiary/aromatic N) is 2. The zero-order valence-corrected chi connectivity index (χ0v) is 17.7. The average Bonchev–Trinajstić information content (AvgIpc) is 3.02. The van der Waals surface area contributed by atoms with Crippen LogP contribution in [0.3, 0.4) is 0 Å². The first kappa shape index (κ1) is 21.3. The summed E-state index contributed by atoms with van der Waals surface area (Å²) in [6.07, 6.45) is 6.33. The second-order valence-electron chi connectivity index (χ2n) is 8.18. The Morgan fingerprint density at radius 3 is 2.58 bits per heavy atom. The highest BCUT2D eigenvalue weighted by atomic mass is 16.3. The lowest BCUT2D eigenvalue weighted by molar-refractivity contribution is -0.138. The van der Waals surface area contributed by atoms with E-state index in [4.69, 9.17) is 5.11 Å². The molecular formula is C25H28N2O4. The predicted octanol–water partition coefficient (Wildman–Crippen LogP) is 3.64. The molecule has 2 N–H and O–H groups in total. The van der Waals surface area contributed by atoms with Crippen molar-refractivity contribution in [2.24, 2.45) is 5.92 Å². The molecule has 2 atom stereocenters. The van der Waals surface area contributed by atoms with Gasteiger partial charge in [0.15, 0.2) is 5.60 Å². The van der Waals surface area contributed by atoms with E-state index in [9.17, 15) is 14.7 Å². The number of hydrogen-bond acceptors (Lipinski definition) is 4. The van der Waals surface area contributed by atoms with Gasteiger partial charge in [0.1, 0.15) is 0 Å². The summed E-state index contributed by atoms with van der Waals surface area (Å²) in [5, 5.41) is 20.9. The first-order valence-electron chi connectivity index (χ1n) is 10.8. The van der Waals surface area contributed by atoms with Crippen molar-refractivity contribution in [3.63, 3.8) is 0 Å². The van der Waals surface area contributed by atoms with E-state index >= 15 is 0 Å². The van der Waals surface area contributed by atoms with Crippen molar-refractivity contribution in [1.29, 1.82) is 0 Å². The number of fused-ring (bicyclic) bond motifs is 1. The summed E-state index contributed by atoms with van der Waals surface area (Å²) in [5.74, 6) is -0.877. The molecule has 6 nitrogen and oxygen atoms in total. The lowest BCUT2D eigenvalue weighted by Gasteiger charge is -2.30. The quantitative estimate of drug-likeness (QED) is 0.699. The van der Waals surface area contributed by atoms with Crippen LogP contribution in [0, 0.1) is 5.92 Å². The van der Waals surface area contributed by atoms with Gasteiger partial charge in [-0.05, 0) is 49.6 Å². The van der Waals surface area contributed by atoms with E-state index in [0.717, 1.165) is 12.8 Å². The van der Waals surface area contributed by atoms with Crippen LogP contribution in [0.15, 0.2) is 60.7 Å². The van der Waals surface area contributed by atoms with Crippen molar-refractivity contribution in [2.45, 2.75) is 38.2 Å². The smallest absolute Gasteiger partial charge is 0.268 e. The highest BCUT2D eigenvalue weighted by Gasteiger charge is 2.53. The lowest BCUT2D eigenvalue weighted by atomic mass is 9.82. The highest BCUT2D eigenvalue weighted by Crippen LogP contribution is 2.49. The van der Waals surface area contributed by atoms with Crippen LogP contribution in [0.1, 0.15) is 38.2 Å². The molecule has 162 valence electrons. The minimum atomic E-state index is -1.77. The number of carbonyl (C=O) groups excluding carboxylic acids is 2. The van der Waals surface area contributed by atoms with Crippen LogP contribution in [0.2, 0.25) is 0 Å². The largest absolute Gasteiger partial charge is 0.396 e. The van der Waals surface area contributed by atoms with Crippen molar-refractivity contribution in [3.05, 3.63) is 66.2 Å². The van der Waals surface area contributed by atoms with Crippen LogP contribution >= 0.6 is 0 Å². The number of piperidine rings is 1. The van der Waals surface area contributed by atoms with E-state index in [-0.39, 0.29) is 12.5 Å². The van der Waals surface area contributed by atoms with Gasteiger partial charge in [-0.15, -0.1) is 0 Å². The molecule has 1 fully saturated rings. The van der Waals surface area contributed by atoms with Crippen molar-refractivity contribution in [3.8, 4) is 0 Å².